The fraction of sp³-hybridized carbons (Fsp3) is 1.00. The first kappa shape index (κ1) is 20.0. The summed E-state index contributed by atoms with van der Waals surface area (Å²) in [5.74, 6) is 0. The van der Waals surface area contributed by atoms with Gasteiger partial charge in [-0.15, -0.1) is 0 Å². The van der Waals surface area contributed by atoms with Crippen LogP contribution in [-0.4, -0.2) is 10.7 Å². The van der Waals surface area contributed by atoms with E-state index in [2.05, 4.69) is 20.8 Å². The average Bonchev–Trinajstić information content (AvgIpc) is 2.45. The molecule has 0 aromatic rings. The van der Waals surface area contributed by atoms with Crippen LogP contribution in [-0.2, 0) is 0 Å². The van der Waals surface area contributed by atoms with Gasteiger partial charge < -0.3 is 5.11 Å². The standard InChI is InChI=1S/C19H40O/c1-4-7-8-9-10-11-12-13-14-15-16-18-19(20,6-3)17-5-2/h20H,4-18H2,1-3H3. The van der Waals surface area contributed by atoms with E-state index in [1.165, 1.54) is 70.6 Å². The molecule has 0 aliphatic heterocycles. The van der Waals surface area contributed by atoms with E-state index in [0.717, 1.165) is 25.7 Å². The summed E-state index contributed by atoms with van der Waals surface area (Å²) in [6.45, 7) is 6.56. The van der Waals surface area contributed by atoms with Crippen LogP contribution in [0.1, 0.15) is 117 Å². The maximum absolute atomic E-state index is 10.4. The van der Waals surface area contributed by atoms with Crippen molar-refractivity contribution in [2.75, 3.05) is 0 Å². The van der Waals surface area contributed by atoms with Gasteiger partial charge in [0.25, 0.3) is 0 Å². The smallest absolute Gasteiger partial charge is 0.0645 e. The van der Waals surface area contributed by atoms with Crippen LogP contribution >= 0.6 is 0 Å². The van der Waals surface area contributed by atoms with Gasteiger partial charge in [0.1, 0.15) is 0 Å². The van der Waals surface area contributed by atoms with E-state index in [1.54, 1.807) is 0 Å². The summed E-state index contributed by atoms with van der Waals surface area (Å²) in [4.78, 5) is 0. The molecule has 1 unspecified atom stereocenters. The molecule has 0 aromatic heterocycles. The second kappa shape index (κ2) is 13.9. The highest BCUT2D eigenvalue weighted by Gasteiger charge is 2.22. The van der Waals surface area contributed by atoms with Gasteiger partial charge in [0.05, 0.1) is 5.60 Å². The number of aliphatic hydroxyl groups is 1. The molecule has 0 heterocycles. The van der Waals surface area contributed by atoms with Crippen LogP contribution in [0.2, 0.25) is 0 Å². The zero-order chi connectivity index (χ0) is 15.1. The first-order valence-corrected chi connectivity index (χ1v) is 9.41. The van der Waals surface area contributed by atoms with Crippen LogP contribution in [0.25, 0.3) is 0 Å². The van der Waals surface area contributed by atoms with E-state index in [4.69, 9.17) is 0 Å². The molecule has 0 aromatic carbocycles. The summed E-state index contributed by atoms with van der Waals surface area (Å²) < 4.78 is 0. The van der Waals surface area contributed by atoms with Crippen LogP contribution in [0.3, 0.4) is 0 Å². The van der Waals surface area contributed by atoms with Crippen molar-refractivity contribution in [2.24, 2.45) is 0 Å². The summed E-state index contributed by atoms with van der Waals surface area (Å²) in [6, 6.07) is 0. The van der Waals surface area contributed by atoms with Gasteiger partial charge >= 0.3 is 0 Å². The van der Waals surface area contributed by atoms with Crippen LogP contribution < -0.4 is 0 Å². The molecule has 0 saturated carbocycles. The molecule has 0 aliphatic carbocycles. The Bertz CT molecular complexity index is 190. The highest BCUT2D eigenvalue weighted by molar-refractivity contribution is 4.75. The number of rotatable bonds is 15. The molecule has 0 spiro atoms. The van der Waals surface area contributed by atoms with Crippen molar-refractivity contribution in [3.05, 3.63) is 0 Å². The lowest BCUT2D eigenvalue weighted by Gasteiger charge is -2.26. The Morgan fingerprint density at radius 1 is 0.550 bits per heavy atom. The number of hydrogen-bond acceptors (Lipinski definition) is 1. The maximum atomic E-state index is 10.4. The van der Waals surface area contributed by atoms with Crippen LogP contribution in [0.5, 0.6) is 0 Å². The molecule has 1 N–H and O–H groups in total. The van der Waals surface area contributed by atoms with E-state index in [-0.39, 0.29) is 5.60 Å². The van der Waals surface area contributed by atoms with Gasteiger partial charge in [-0.2, -0.15) is 0 Å². The monoisotopic (exact) mass is 284 g/mol. The highest BCUT2D eigenvalue weighted by atomic mass is 16.3. The predicted molar refractivity (Wildman–Crippen MR) is 91.2 cm³/mol. The van der Waals surface area contributed by atoms with E-state index < -0.39 is 0 Å². The molecule has 0 rings (SSSR count). The van der Waals surface area contributed by atoms with Crippen LogP contribution in [0.15, 0.2) is 0 Å². The van der Waals surface area contributed by atoms with Crippen molar-refractivity contribution in [1.82, 2.24) is 0 Å². The van der Waals surface area contributed by atoms with Gasteiger partial charge in [-0.25, -0.2) is 0 Å². The topological polar surface area (TPSA) is 20.2 Å². The Kier molecular flexibility index (Phi) is 13.9. The van der Waals surface area contributed by atoms with Crippen molar-refractivity contribution in [3.63, 3.8) is 0 Å². The zero-order valence-corrected chi connectivity index (χ0v) is 14.6. The minimum atomic E-state index is -0.367. The lowest BCUT2D eigenvalue weighted by molar-refractivity contribution is 0.0158. The SMILES string of the molecule is CCCCCCCCCCCCCC(O)(CC)CCC. The molecule has 1 heteroatoms. The quantitative estimate of drug-likeness (QED) is 0.335. The van der Waals surface area contributed by atoms with Gasteiger partial charge in [-0.05, 0) is 19.3 Å². The van der Waals surface area contributed by atoms with Crippen LogP contribution in [0, 0.1) is 0 Å². The molecule has 0 saturated heterocycles. The molecule has 0 aliphatic rings. The lowest BCUT2D eigenvalue weighted by atomic mass is 9.89. The summed E-state index contributed by atoms with van der Waals surface area (Å²) in [5.41, 5.74) is -0.367. The minimum absolute atomic E-state index is 0.367. The number of unbranched alkanes of at least 4 members (excludes halogenated alkanes) is 10. The Morgan fingerprint density at radius 2 is 1.00 bits per heavy atom. The van der Waals surface area contributed by atoms with Gasteiger partial charge in [0.2, 0.25) is 0 Å². The van der Waals surface area contributed by atoms with E-state index >= 15 is 0 Å². The third-order valence-electron chi connectivity index (χ3n) is 4.62. The Labute approximate surface area is 128 Å². The van der Waals surface area contributed by atoms with Gasteiger partial charge in [0.15, 0.2) is 0 Å². The summed E-state index contributed by atoms with van der Waals surface area (Å²) in [5, 5.41) is 10.4. The van der Waals surface area contributed by atoms with E-state index in [9.17, 15) is 5.11 Å². The summed E-state index contributed by atoms with van der Waals surface area (Å²) in [6.07, 6.45) is 19.2. The van der Waals surface area contributed by atoms with E-state index in [0.29, 0.717) is 0 Å². The second-order valence-corrected chi connectivity index (χ2v) is 6.61. The first-order chi connectivity index (χ1) is 9.68. The normalized spacial score (nSPS) is 14.4. The van der Waals surface area contributed by atoms with Gasteiger partial charge in [0, 0.05) is 0 Å². The predicted octanol–water partition coefficient (Wildman–Crippen LogP) is 6.63. The van der Waals surface area contributed by atoms with E-state index in [1.807, 2.05) is 0 Å². The van der Waals surface area contributed by atoms with Crippen molar-refractivity contribution in [2.45, 2.75) is 123 Å². The zero-order valence-electron chi connectivity index (χ0n) is 14.6. The summed E-state index contributed by atoms with van der Waals surface area (Å²) >= 11 is 0. The largest absolute Gasteiger partial charge is 0.390 e. The highest BCUT2D eigenvalue weighted by Crippen LogP contribution is 2.24. The van der Waals surface area contributed by atoms with Crippen molar-refractivity contribution < 1.29 is 5.11 Å². The lowest BCUT2D eigenvalue weighted by Crippen LogP contribution is -2.27. The first-order valence-electron chi connectivity index (χ1n) is 9.41. The third kappa shape index (κ3) is 11.8. The molecule has 1 nitrogen and oxygen atoms in total. The minimum Gasteiger partial charge on any atom is -0.390 e. The fourth-order valence-electron chi connectivity index (χ4n) is 3.06. The van der Waals surface area contributed by atoms with Crippen molar-refractivity contribution >= 4 is 0 Å². The average molecular weight is 285 g/mol. The molecule has 122 valence electrons. The Morgan fingerprint density at radius 3 is 1.40 bits per heavy atom. The van der Waals surface area contributed by atoms with Crippen LogP contribution in [0.4, 0.5) is 0 Å². The molecular formula is C19H40O. The van der Waals surface area contributed by atoms with Crippen molar-refractivity contribution in [3.8, 4) is 0 Å². The molecular weight excluding hydrogens is 244 g/mol. The summed E-state index contributed by atoms with van der Waals surface area (Å²) in [7, 11) is 0. The Hall–Kier alpha value is -0.0400. The molecule has 0 bridgehead atoms. The molecule has 20 heavy (non-hydrogen) atoms. The van der Waals surface area contributed by atoms with Gasteiger partial charge in [-0.1, -0.05) is 97.8 Å². The van der Waals surface area contributed by atoms with Gasteiger partial charge in [-0.3, -0.25) is 0 Å². The number of hydrogen-bond donors (Lipinski definition) is 1. The maximum Gasteiger partial charge on any atom is 0.0645 e. The second-order valence-electron chi connectivity index (χ2n) is 6.61. The fourth-order valence-corrected chi connectivity index (χ4v) is 3.06. The Balaban J connectivity index is 3.27. The van der Waals surface area contributed by atoms with Crippen molar-refractivity contribution in [1.29, 1.82) is 0 Å². The molecule has 1 atom stereocenters. The molecule has 0 fully saturated rings. The third-order valence-corrected chi connectivity index (χ3v) is 4.62. The molecule has 0 amide bonds. The molecule has 0 radical (unpaired) electrons.